The Morgan fingerprint density at radius 1 is 0.577 bits per heavy atom. The van der Waals surface area contributed by atoms with Crippen molar-refractivity contribution in [1.29, 1.82) is 0 Å². The van der Waals surface area contributed by atoms with Gasteiger partial charge in [0, 0.05) is 62.5 Å². The lowest BCUT2D eigenvalue weighted by molar-refractivity contribution is 0.330. The number of benzene rings is 4. The highest BCUT2D eigenvalue weighted by Gasteiger charge is 2.15. The van der Waals surface area contributed by atoms with E-state index in [2.05, 4.69) is 74.5 Å². The second-order valence-electron chi connectivity index (χ2n) is 17.0. The van der Waals surface area contributed by atoms with Crippen LogP contribution < -0.4 is 16.4 Å². The van der Waals surface area contributed by atoms with Gasteiger partial charge in [-0.15, -0.1) is 0 Å². The van der Waals surface area contributed by atoms with E-state index in [1.54, 1.807) is 43.0 Å². The molecule has 0 spiro atoms. The molecule has 11 nitrogen and oxygen atoms in total. The van der Waals surface area contributed by atoms with Gasteiger partial charge >= 0.3 is 0 Å². The predicted octanol–water partition coefficient (Wildman–Crippen LogP) is 14.3. The number of pyridine rings is 2. The van der Waals surface area contributed by atoms with Gasteiger partial charge in [-0.25, -0.2) is 28.7 Å². The number of hydrogen-bond donors (Lipinski definition) is 3. The number of anilines is 4. The maximum absolute atomic E-state index is 13.7. The second-order valence-corrected chi connectivity index (χ2v) is 18.7. The third-order valence-electron chi connectivity index (χ3n) is 11.9. The summed E-state index contributed by atoms with van der Waals surface area (Å²) in [6.07, 6.45) is 16.8. The van der Waals surface area contributed by atoms with Crippen LogP contribution in [0, 0.1) is 11.6 Å². The van der Waals surface area contributed by atoms with Crippen molar-refractivity contribution in [3.8, 4) is 22.8 Å². The van der Waals surface area contributed by atoms with Crippen LogP contribution in [0.15, 0.2) is 126 Å². The topological polar surface area (TPSA) is 134 Å². The van der Waals surface area contributed by atoms with Gasteiger partial charge in [-0.2, -0.15) is 0 Å². The van der Waals surface area contributed by atoms with Crippen LogP contribution in [-0.4, -0.2) is 85.5 Å². The highest BCUT2D eigenvalue weighted by Crippen LogP contribution is 2.32. The number of aryl methyl sites for hydroxylation is 1. The molecule has 4 aromatic heterocycles. The smallest absolute Gasteiger partial charge is 0.163 e. The Hall–Kier alpha value is -5.74. The Morgan fingerprint density at radius 2 is 1.07 bits per heavy atom. The Labute approximate surface area is 434 Å². The zero-order valence-corrected chi connectivity index (χ0v) is 41.3. The van der Waals surface area contributed by atoms with Crippen molar-refractivity contribution in [2.45, 2.75) is 66.2 Å². The molecule has 372 valence electrons. The Balaban J connectivity index is 0.000000197. The van der Waals surface area contributed by atoms with Crippen LogP contribution >= 0.6 is 39.1 Å². The zero-order valence-electron chi connectivity index (χ0n) is 38.2. The summed E-state index contributed by atoms with van der Waals surface area (Å²) in [4.78, 5) is 32.2. The fourth-order valence-corrected chi connectivity index (χ4v) is 9.01. The minimum atomic E-state index is -0.469. The molecule has 0 atom stereocenters. The maximum atomic E-state index is 13.7. The van der Waals surface area contributed by atoms with Gasteiger partial charge in [0.15, 0.2) is 11.6 Å². The summed E-state index contributed by atoms with van der Waals surface area (Å²) in [6, 6.07) is 28.6. The fourth-order valence-electron chi connectivity index (χ4n) is 8.28. The number of likely N-dealkylation sites (tertiary alicyclic amines) is 2. The summed E-state index contributed by atoms with van der Waals surface area (Å²) in [5, 5.41) is 8.39. The minimum Gasteiger partial charge on any atom is -0.340 e. The minimum absolute atomic E-state index is 0. The second kappa shape index (κ2) is 27.2. The molecule has 0 radical (unpaired) electrons. The molecule has 10 rings (SSSR count). The number of nitrogens with zero attached hydrogens (tertiary/aromatic N) is 8. The molecule has 71 heavy (non-hydrogen) atoms. The van der Waals surface area contributed by atoms with Crippen molar-refractivity contribution in [3.63, 3.8) is 0 Å². The van der Waals surface area contributed by atoms with Crippen LogP contribution in [0.5, 0.6) is 0 Å². The van der Waals surface area contributed by atoms with Gasteiger partial charge in [0.05, 0.1) is 21.1 Å². The van der Waals surface area contributed by atoms with Crippen LogP contribution in [0.4, 0.5) is 31.8 Å². The Morgan fingerprint density at radius 3 is 1.55 bits per heavy atom. The third-order valence-corrected chi connectivity index (χ3v) is 13.0. The molecule has 0 bridgehead atoms. The molecule has 4 aromatic carbocycles. The number of fused-ring (bicyclic) bond motifs is 2. The molecule has 0 aliphatic carbocycles. The van der Waals surface area contributed by atoms with Crippen LogP contribution in [0.25, 0.3) is 44.6 Å². The number of unbranched alkanes of at least 4 members (excludes halogenated alkanes) is 1. The lowest BCUT2D eigenvalue weighted by atomic mass is 10.0. The molecular formula is C55H62BrCl2F2N11. The molecule has 2 aliphatic rings. The van der Waals surface area contributed by atoms with E-state index in [0.29, 0.717) is 34.7 Å². The van der Waals surface area contributed by atoms with Gasteiger partial charge < -0.3 is 26.2 Å². The van der Waals surface area contributed by atoms with E-state index in [0.717, 1.165) is 56.8 Å². The number of nitrogens with one attached hydrogen (secondary N) is 2. The molecular weight excluding hydrogens is 1000 g/mol. The molecule has 2 aliphatic heterocycles. The summed E-state index contributed by atoms with van der Waals surface area (Å²) in [5.41, 5.74) is 11.2. The van der Waals surface area contributed by atoms with Crippen molar-refractivity contribution in [2.24, 2.45) is 5.73 Å². The summed E-state index contributed by atoms with van der Waals surface area (Å²) >= 11 is 15.4. The van der Waals surface area contributed by atoms with Crippen molar-refractivity contribution in [3.05, 3.63) is 154 Å². The summed E-state index contributed by atoms with van der Waals surface area (Å²) in [6.45, 7) is 8.35. The largest absolute Gasteiger partial charge is 0.340 e. The average molecular weight is 1070 g/mol. The Kier molecular flexibility index (Phi) is 20.9. The van der Waals surface area contributed by atoms with Crippen LogP contribution in [0.3, 0.4) is 0 Å². The van der Waals surface area contributed by atoms with Gasteiger partial charge in [-0.3, -0.25) is 9.97 Å². The third kappa shape index (κ3) is 15.4. The van der Waals surface area contributed by atoms with E-state index in [-0.39, 0.29) is 24.9 Å². The Bertz CT molecular complexity index is 2940. The molecule has 6 heterocycles. The van der Waals surface area contributed by atoms with E-state index >= 15 is 0 Å². The molecule has 8 aromatic rings. The molecule has 16 heteroatoms. The molecule has 0 unspecified atom stereocenters. The first-order chi connectivity index (χ1) is 33.7. The molecule has 0 saturated carbocycles. The number of hydrogen-bond acceptors (Lipinski definition) is 11. The maximum Gasteiger partial charge on any atom is 0.163 e. The molecule has 0 amide bonds. The normalized spacial score (nSPS) is 13.4. The molecule has 2 fully saturated rings. The van der Waals surface area contributed by atoms with Crippen LogP contribution in [0.1, 0.15) is 65.4 Å². The first kappa shape index (κ1) is 54.6. The zero-order chi connectivity index (χ0) is 48.0. The first-order valence-corrected chi connectivity index (χ1v) is 24.9. The van der Waals surface area contributed by atoms with Gasteiger partial charge in [0.2, 0.25) is 0 Å². The fraction of sp³-hybridized carbons (Fsp3) is 0.309. The number of aromatic nitrogens is 6. The molecule has 2 saturated heterocycles. The molecule has 4 N–H and O–H groups in total. The average Bonchev–Trinajstić information content (AvgIpc) is 4.11. The van der Waals surface area contributed by atoms with E-state index < -0.39 is 11.6 Å². The number of nitrogens with two attached hydrogens (primary N) is 1. The van der Waals surface area contributed by atoms with Crippen molar-refractivity contribution in [1.82, 2.24) is 39.7 Å². The van der Waals surface area contributed by atoms with E-state index in [9.17, 15) is 8.78 Å². The number of halogens is 5. The SMILES string of the molecule is C.C.Fc1ccc(Nc2nc(-c3cccnc3)nc3ccc(Br)cc23)cc1Cl.Fc1ccc(Nc2nc(-c3cccnc3)nc3ccc(CCCCN4CCCC4)cc23)cc1Cl.NCCCN1CCCC1. The van der Waals surface area contributed by atoms with E-state index in [1.807, 2.05) is 42.5 Å². The van der Waals surface area contributed by atoms with E-state index in [4.69, 9.17) is 38.9 Å². The summed E-state index contributed by atoms with van der Waals surface area (Å²) in [7, 11) is 0. The summed E-state index contributed by atoms with van der Waals surface area (Å²) in [5.74, 6) is 1.46. The van der Waals surface area contributed by atoms with Crippen LogP contribution in [-0.2, 0) is 6.42 Å². The highest BCUT2D eigenvalue weighted by molar-refractivity contribution is 9.10. The van der Waals surface area contributed by atoms with Gasteiger partial charge in [-0.1, -0.05) is 60.1 Å². The standard InChI is InChI=1S/C27H27ClFN5.C19H11BrClFN4.C7H16N2.2CH4/c28-23-17-21(9-10-24(23)29)31-27-22-16-19(6-1-2-13-34-14-3-4-15-34)8-11-25(22)32-26(33-27)20-7-5-12-30-18-20;20-12-3-6-17-14(8-12)19(24-13-4-5-16(22)15(21)9-13)26-18(25-17)11-2-1-7-23-10-11;8-4-3-7-9-5-1-2-6-9;;/h5,7-12,16-18H,1-4,6,13-15H2,(H,31,32,33);1-10H,(H,24,25,26);1-8H2;2*1H4. The van der Waals surface area contributed by atoms with Crippen LogP contribution in [0.2, 0.25) is 10.0 Å². The first-order valence-electron chi connectivity index (χ1n) is 23.4. The summed E-state index contributed by atoms with van der Waals surface area (Å²) < 4.78 is 28.0. The van der Waals surface area contributed by atoms with Crippen molar-refractivity contribution >= 4 is 83.9 Å². The van der Waals surface area contributed by atoms with Crippen molar-refractivity contribution < 1.29 is 8.78 Å². The number of rotatable bonds is 14. The van der Waals surface area contributed by atoms with E-state index in [1.165, 1.54) is 102 Å². The quantitative estimate of drug-likeness (QED) is 0.0899. The lowest BCUT2D eigenvalue weighted by Gasteiger charge is -2.14. The lowest BCUT2D eigenvalue weighted by Crippen LogP contribution is -2.22. The van der Waals surface area contributed by atoms with Crippen molar-refractivity contribution in [2.75, 3.05) is 56.4 Å². The van der Waals surface area contributed by atoms with Gasteiger partial charge in [0.1, 0.15) is 23.3 Å². The highest BCUT2D eigenvalue weighted by atomic mass is 79.9. The van der Waals surface area contributed by atoms with Gasteiger partial charge in [-0.05, 0) is 194 Å². The van der Waals surface area contributed by atoms with Gasteiger partial charge in [0.25, 0.3) is 0 Å². The monoisotopic (exact) mass is 1060 g/mol. The predicted molar refractivity (Wildman–Crippen MR) is 294 cm³/mol.